The summed E-state index contributed by atoms with van der Waals surface area (Å²) in [5, 5.41) is 0.503. The molecular weight excluding hydrogens is 174 g/mol. The molecule has 1 heterocycles. The van der Waals surface area contributed by atoms with Gasteiger partial charge in [0.05, 0.1) is 13.4 Å². The van der Waals surface area contributed by atoms with E-state index < -0.39 is 0 Å². The highest BCUT2D eigenvalue weighted by Crippen LogP contribution is 2.14. The molecule has 12 heavy (non-hydrogen) atoms. The summed E-state index contributed by atoms with van der Waals surface area (Å²) in [7, 11) is 1.59. The van der Waals surface area contributed by atoms with E-state index in [9.17, 15) is 0 Å². The fraction of sp³-hybridized carbons (Fsp3) is 0.222. The van der Waals surface area contributed by atoms with Gasteiger partial charge in [-0.05, 0) is 25.1 Å². The molecule has 2 nitrogen and oxygen atoms in total. The normalized spacial score (nSPS) is 10.6. The first kappa shape index (κ1) is 9.07. The third kappa shape index (κ3) is 2.24. The van der Waals surface area contributed by atoms with Gasteiger partial charge in [0.1, 0.15) is 5.15 Å². The van der Waals surface area contributed by atoms with Crippen LogP contribution in [0, 0.1) is 6.92 Å². The number of halogens is 1. The summed E-state index contributed by atoms with van der Waals surface area (Å²) in [6.45, 7) is 1.90. The van der Waals surface area contributed by atoms with Crippen LogP contribution in [0.3, 0.4) is 0 Å². The predicted molar refractivity (Wildman–Crippen MR) is 50.0 cm³/mol. The van der Waals surface area contributed by atoms with Crippen LogP contribution >= 0.6 is 11.6 Å². The minimum atomic E-state index is 0.503. The van der Waals surface area contributed by atoms with Crippen molar-refractivity contribution in [3.8, 4) is 0 Å². The highest BCUT2D eigenvalue weighted by atomic mass is 35.5. The van der Waals surface area contributed by atoms with Crippen LogP contribution in [0.2, 0.25) is 5.15 Å². The molecule has 0 N–H and O–H groups in total. The van der Waals surface area contributed by atoms with Crippen LogP contribution in [-0.2, 0) is 4.74 Å². The molecule has 0 amide bonds. The lowest BCUT2D eigenvalue weighted by Gasteiger charge is -1.97. The Kier molecular flexibility index (Phi) is 3.11. The summed E-state index contributed by atoms with van der Waals surface area (Å²) in [6.07, 6.45) is 3.34. The Morgan fingerprint density at radius 2 is 2.25 bits per heavy atom. The van der Waals surface area contributed by atoms with E-state index in [1.165, 1.54) is 0 Å². The van der Waals surface area contributed by atoms with E-state index in [1.807, 2.05) is 19.1 Å². The van der Waals surface area contributed by atoms with Crippen molar-refractivity contribution in [1.29, 1.82) is 0 Å². The standard InChI is InChI=1S/C9H10ClNO/c1-7-3-4-8(5-6-12-2)9(10)11-7/h3-6H,1-2H3/b6-5+. The lowest BCUT2D eigenvalue weighted by molar-refractivity contribution is 0.341. The molecule has 0 aliphatic rings. The molecule has 1 aromatic heterocycles. The SMILES string of the molecule is CO/C=C/c1ccc(C)nc1Cl. The quantitative estimate of drug-likeness (QED) is 0.520. The van der Waals surface area contributed by atoms with E-state index in [0.717, 1.165) is 11.3 Å². The summed E-state index contributed by atoms with van der Waals surface area (Å²) in [6, 6.07) is 3.81. The Labute approximate surface area is 76.8 Å². The van der Waals surface area contributed by atoms with Crippen LogP contribution in [0.5, 0.6) is 0 Å². The molecule has 0 atom stereocenters. The van der Waals surface area contributed by atoms with Crippen molar-refractivity contribution in [3.05, 3.63) is 34.8 Å². The van der Waals surface area contributed by atoms with E-state index in [0.29, 0.717) is 5.15 Å². The zero-order chi connectivity index (χ0) is 8.97. The second-order valence-corrected chi connectivity index (χ2v) is 2.73. The molecule has 0 aromatic carbocycles. The molecule has 64 valence electrons. The fourth-order valence-electron chi connectivity index (χ4n) is 0.801. The Balaban J connectivity index is 2.94. The highest BCUT2D eigenvalue weighted by molar-refractivity contribution is 6.30. The lowest BCUT2D eigenvalue weighted by Crippen LogP contribution is -1.84. The molecule has 1 aromatic rings. The molecule has 0 radical (unpaired) electrons. The Morgan fingerprint density at radius 3 is 2.83 bits per heavy atom. The summed E-state index contributed by atoms with van der Waals surface area (Å²) in [4.78, 5) is 4.09. The number of aromatic nitrogens is 1. The van der Waals surface area contributed by atoms with Crippen molar-refractivity contribution in [1.82, 2.24) is 4.98 Å². The number of hydrogen-bond acceptors (Lipinski definition) is 2. The topological polar surface area (TPSA) is 22.1 Å². The van der Waals surface area contributed by atoms with Crippen molar-refractivity contribution in [2.45, 2.75) is 6.92 Å². The molecule has 0 aliphatic carbocycles. The van der Waals surface area contributed by atoms with Gasteiger partial charge in [-0.15, -0.1) is 0 Å². The first-order valence-electron chi connectivity index (χ1n) is 3.56. The summed E-state index contributed by atoms with van der Waals surface area (Å²) in [5.74, 6) is 0. The monoisotopic (exact) mass is 183 g/mol. The average Bonchev–Trinajstić information content (AvgIpc) is 2.03. The molecule has 0 aliphatic heterocycles. The highest BCUT2D eigenvalue weighted by Gasteiger charge is 1.96. The van der Waals surface area contributed by atoms with Crippen LogP contribution in [0.1, 0.15) is 11.3 Å². The minimum absolute atomic E-state index is 0.503. The molecule has 3 heteroatoms. The fourth-order valence-corrected chi connectivity index (χ4v) is 1.06. The molecule has 0 unspecified atom stereocenters. The number of rotatable bonds is 2. The molecule has 0 saturated carbocycles. The van der Waals surface area contributed by atoms with Gasteiger partial charge in [0.15, 0.2) is 0 Å². The minimum Gasteiger partial charge on any atom is -0.504 e. The zero-order valence-electron chi connectivity index (χ0n) is 7.04. The van der Waals surface area contributed by atoms with Crippen molar-refractivity contribution in [2.75, 3.05) is 7.11 Å². The maximum Gasteiger partial charge on any atom is 0.136 e. The largest absolute Gasteiger partial charge is 0.504 e. The van der Waals surface area contributed by atoms with Crippen molar-refractivity contribution in [3.63, 3.8) is 0 Å². The van der Waals surface area contributed by atoms with Crippen LogP contribution in [0.15, 0.2) is 18.4 Å². The molecule has 0 bridgehead atoms. The average molecular weight is 184 g/mol. The Morgan fingerprint density at radius 1 is 1.50 bits per heavy atom. The maximum atomic E-state index is 5.85. The van der Waals surface area contributed by atoms with Gasteiger partial charge < -0.3 is 4.74 Å². The van der Waals surface area contributed by atoms with Crippen molar-refractivity contribution >= 4 is 17.7 Å². The van der Waals surface area contributed by atoms with Gasteiger partial charge in [0, 0.05) is 11.3 Å². The van der Waals surface area contributed by atoms with Crippen LogP contribution in [0.25, 0.3) is 6.08 Å². The first-order chi connectivity index (χ1) is 5.74. The van der Waals surface area contributed by atoms with E-state index in [2.05, 4.69) is 4.98 Å². The first-order valence-corrected chi connectivity index (χ1v) is 3.94. The van der Waals surface area contributed by atoms with Crippen molar-refractivity contribution in [2.24, 2.45) is 0 Å². The number of pyridine rings is 1. The third-order valence-corrected chi connectivity index (χ3v) is 1.70. The predicted octanol–water partition coefficient (Wildman–Crippen LogP) is 2.66. The molecule has 1 rings (SSSR count). The molecular formula is C9H10ClNO. The number of ether oxygens (including phenoxy) is 1. The van der Waals surface area contributed by atoms with Crippen LogP contribution < -0.4 is 0 Å². The lowest BCUT2D eigenvalue weighted by atomic mass is 10.2. The van der Waals surface area contributed by atoms with Gasteiger partial charge in [-0.3, -0.25) is 0 Å². The summed E-state index contributed by atoms with van der Waals surface area (Å²) in [5.41, 5.74) is 1.78. The smallest absolute Gasteiger partial charge is 0.136 e. The van der Waals surface area contributed by atoms with E-state index in [-0.39, 0.29) is 0 Å². The Bertz CT molecular complexity index is 297. The second-order valence-electron chi connectivity index (χ2n) is 2.37. The number of aryl methyl sites for hydroxylation is 1. The molecule has 0 saturated heterocycles. The Hall–Kier alpha value is -1.02. The van der Waals surface area contributed by atoms with Gasteiger partial charge in [-0.2, -0.15) is 0 Å². The number of nitrogens with zero attached hydrogens (tertiary/aromatic N) is 1. The van der Waals surface area contributed by atoms with Crippen LogP contribution in [-0.4, -0.2) is 12.1 Å². The van der Waals surface area contributed by atoms with Crippen molar-refractivity contribution < 1.29 is 4.74 Å². The van der Waals surface area contributed by atoms with Gasteiger partial charge in [-0.25, -0.2) is 4.98 Å². The molecule has 0 spiro atoms. The van der Waals surface area contributed by atoms with Gasteiger partial charge in [0.2, 0.25) is 0 Å². The van der Waals surface area contributed by atoms with Gasteiger partial charge in [0.25, 0.3) is 0 Å². The molecule has 0 fully saturated rings. The second kappa shape index (κ2) is 4.12. The third-order valence-electron chi connectivity index (χ3n) is 1.40. The maximum absolute atomic E-state index is 5.85. The van der Waals surface area contributed by atoms with Gasteiger partial charge >= 0.3 is 0 Å². The van der Waals surface area contributed by atoms with Gasteiger partial charge in [-0.1, -0.05) is 11.6 Å². The van der Waals surface area contributed by atoms with E-state index >= 15 is 0 Å². The zero-order valence-corrected chi connectivity index (χ0v) is 7.80. The van der Waals surface area contributed by atoms with E-state index in [4.69, 9.17) is 16.3 Å². The number of methoxy groups -OCH3 is 1. The summed E-state index contributed by atoms with van der Waals surface area (Å²) >= 11 is 5.85. The number of hydrogen-bond donors (Lipinski definition) is 0. The van der Waals surface area contributed by atoms with Crippen LogP contribution in [0.4, 0.5) is 0 Å². The van der Waals surface area contributed by atoms with E-state index in [1.54, 1.807) is 19.4 Å². The summed E-state index contributed by atoms with van der Waals surface area (Å²) < 4.78 is 4.76.